The number of hydrogen-bond acceptors (Lipinski definition) is 6. The summed E-state index contributed by atoms with van der Waals surface area (Å²) < 4.78 is 37.1. The van der Waals surface area contributed by atoms with E-state index in [0.29, 0.717) is 12.8 Å². The Morgan fingerprint density at radius 3 is 2.57 bits per heavy atom. The van der Waals surface area contributed by atoms with Crippen LogP contribution in [0.1, 0.15) is 25.7 Å². The van der Waals surface area contributed by atoms with Gasteiger partial charge in [-0.15, -0.1) is 0 Å². The van der Waals surface area contributed by atoms with E-state index in [1.165, 1.54) is 6.07 Å². The number of benzene rings is 1. The van der Waals surface area contributed by atoms with Crippen molar-refractivity contribution in [2.45, 2.75) is 42.4 Å². The van der Waals surface area contributed by atoms with E-state index < -0.39 is 32.4 Å². The van der Waals surface area contributed by atoms with Crippen LogP contribution in [0.5, 0.6) is 0 Å². The number of nitro benzene ring substituents is 1. The highest BCUT2D eigenvalue weighted by atomic mass is 32.2. The predicted octanol–water partition coefficient (Wildman–Crippen LogP) is 1.30. The van der Waals surface area contributed by atoms with Gasteiger partial charge in [-0.25, -0.2) is 17.9 Å². The minimum atomic E-state index is -4.06. The van der Waals surface area contributed by atoms with Gasteiger partial charge in [-0.05, 0) is 37.8 Å². The highest BCUT2D eigenvalue weighted by molar-refractivity contribution is 7.89. The van der Waals surface area contributed by atoms with E-state index >= 15 is 0 Å². The van der Waals surface area contributed by atoms with E-state index in [4.69, 9.17) is 5.14 Å². The molecular weight excluding hydrogens is 329 g/mol. The molecule has 10 heteroatoms. The van der Waals surface area contributed by atoms with Gasteiger partial charge in [0.15, 0.2) is 0 Å². The summed E-state index contributed by atoms with van der Waals surface area (Å²) in [5.74, 6) is 0. The Labute approximate surface area is 132 Å². The number of nitrogens with zero attached hydrogens (tertiary/aromatic N) is 1. The Kier molecular flexibility index (Phi) is 4.87. The van der Waals surface area contributed by atoms with Crippen molar-refractivity contribution in [1.82, 2.24) is 0 Å². The van der Waals surface area contributed by atoms with Crippen molar-refractivity contribution < 1.29 is 22.8 Å². The smallest absolute Gasteiger partial charge is 0.293 e. The Balaban J connectivity index is 2.18. The molecule has 0 atom stereocenters. The molecule has 0 saturated heterocycles. The molecule has 1 fully saturated rings. The Morgan fingerprint density at radius 2 is 2.04 bits per heavy atom. The number of alkyl halides is 1. The van der Waals surface area contributed by atoms with E-state index in [1.54, 1.807) is 0 Å². The average molecular weight is 347 g/mol. The number of nitro groups is 1. The lowest BCUT2D eigenvalue weighted by atomic mass is 9.85. The topological polar surface area (TPSA) is 136 Å². The van der Waals surface area contributed by atoms with E-state index in [-0.39, 0.29) is 30.0 Å². The van der Waals surface area contributed by atoms with Crippen LogP contribution < -0.4 is 10.5 Å². The highest BCUT2D eigenvalue weighted by Crippen LogP contribution is 2.34. The van der Waals surface area contributed by atoms with E-state index in [9.17, 15) is 28.0 Å². The summed E-state index contributed by atoms with van der Waals surface area (Å²) >= 11 is 0. The molecule has 0 heterocycles. The number of aliphatic hydroxyl groups excluding tert-OH is 1. The summed E-state index contributed by atoms with van der Waals surface area (Å²) in [5, 5.41) is 28.1. The number of primary sulfonamides is 1. The molecule has 0 radical (unpaired) electrons. The first-order valence-electron chi connectivity index (χ1n) is 7.03. The van der Waals surface area contributed by atoms with Gasteiger partial charge in [0.2, 0.25) is 10.0 Å². The number of nitrogens with two attached hydrogens (primary N) is 1. The lowest BCUT2D eigenvalue weighted by Crippen LogP contribution is -2.38. The fraction of sp³-hybridized carbons (Fsp3) is 0.538. The first kappa shape index (κ1) is 17.6. The molecule has 0 spiro atoms. The van der Waals surface area contributed by atoms with Crippen LogP contribution >= 0.6 is 0 Å². The maximum absolute atomic E-state index is 14.6. The van der Waals surface area contributed by atoms with Gasteiger partial charge >= 0.3 is 0 Å². The molecular formula is C13H18FN3O5S. The van der Waals surface area contributed by atoms with Gasteiger partial charge in [0.25, 0.3) is 5.69 Å². The molecule has 1 aliphatic rings. The van der Waals surface area contributed by atoms with Crippen LogP contribution in [0.4, 0.5) is 15.8 Å². The molecule has 128 valence electrons. The normalized spacial score (nSPS) is 25.1. The van der Waals surface area contributed by atoms with Gasteiger partial charge in [0.1, 0.15) is 11.4 Å². The third-order valence-corrected chi connectivity index (χ3v) is 4.85. The maximum Gasteiger partial charge on any atom is 0.293 e. The fourth-order valence-corrected chi connectivity index (χ4v) is 3.07. The lowest BCUT2D eigenvalue weighted by molar-refractivity contribution is -0.384. The van der Waals surface area contributed by atoms with Gasteiger partial charge < -0.3 is 10.4 Å². The van der Waals surface area contributed by atoms with Gasteiger partial charge in [0, 0.05) is 12.6 Å². The zero-order chi connectivity index (χ0) is 17.3. The summed E-state index contributed by atoms with van der Waals surface area (Å²) in [6.07, 6.45) is 0.478. The summed E-state index contributed by atoms with van der Waals surface area (Å²) in [6, 6.07) is 3.16. The van der Waals surface area contributed by atoms with Crippen LogP contribution in [0.3, 0.4) is 0 Å². The van der Waals surface area contributed by atoms with Crippen molar-refractivity contribution in [3.63, 3.8) is 0 Å². The third kappa shape index (κ3) is 4.36. The summed E-state index contributed by atoms with van der Waals surface area (Å²) in [7, 11) is -4.06. The number of sulfonamides is 1. The van der Waals surface area contributed by atoms with Gasteiger partial charge in [-0.2, -0.15) is 0 Å². The van der Waals surface area contributed by atoms with Crippen molar-refractivity contribution in [2.75, 3.05) is 11.9 Å². The summed E-state index contributed by atoms with van der Waals surface area (Å²) in [5.41, 5.74) is -2.03. The zero-order valence-corrected chi connectivity index (χ0v) is 13.1. The van der Waals surface area contributed by atoms with Crippen LogP contribution in [0.2, 0.25) is 0 Å². The van der Waals surface area contributed by atoms with Crippen LogP contribution in [-0.2, 0) is 10.0 Å². The second-order valence-electron chi connectivity index (χ2n) is 5.72. The Morgan fingerprint density at radius 1 is 1.43 bits per heavy atom. The maximum atomic E-state index is 14.6. The first-order valence-corrected chi connectivity index (χ1v) is 8.57. The lowest BCUT2D eigenvalue weighted by Gasteiger charge is -2.32. The van der Waals surface area contributed by atoms with Gasteiger partial charge in [-0.3, -0.25) is 10.1 Å². The number of hydrogen-bond donors (Lipinski definition) is 3. The standard InChI is InChI=1S/C13H18FN3O5S/c14-13(5-3-9(18)4-6-13)8-16-11-2-1-10(23(15,21)22)7-12(11)17(19)20/h1-2,7,9,16,18H,3-6,8H2,(H2,15,21,22). The molecule has 0 amide bonds. The molecule has 0 aliphatic heterocycles. The Hall–Kier alpha value is -1.78. The first-order chi connectivity index (χ1) is 10.6. The molecule has 4 N–H and O–H groups in total. The SMILES string of the molecule is NS(=O)(=O)c1ccc(NCC2(F)CCC(O)CC2)c([N+](=O)[O-])c1. The highest BCUT2D eigenvalue weighted by Gasteiger charge is 2.35. The van der Waals surface area contributed by atoms with Crippen LogP contribution in [0.25, 0.3) is 0 Å². The van der Waals surface area contributed by atoms with Crippen molar-refractivity contribution in [1.29, 1.82) is 0 Å². The van der Waals surface area contributed by atoms with Crippen LogP contribution in [0, 0.1) is 10.1 Å². The molecule has 1 saturated carbocycles. The molecule has 0 bridgehead atoms. The molecule has 1 aromatic rings. The molecule has 2 rings (SSSR count). The van der Waals surface area contributed by atoms with Crippen LogP contribution in [-0.4, -0.2) is 36.8 Å². The molecule has 1 aromatic carbocycles. The van der Waals surface area contributed by atoms with Gasteiger partial charge in [-0.1, -0.05) is 0 Å². The molecule has 23 heavy (non-hydrogen) atoms. The van der Waals surface area contributed by atoms with Crippen molar-refractivity contribution >= 4 is 21.4 Å². The molecule has 1 aliphatic carbocycles. The van der Waals surface area contributed by atoms with E-state index in [2.05, 4.69) is 5.32 Å². The Bertz CT molecular complexity index is 702. The number of aliphatic hydroxyl groups is 1. The zero-order valence-electron chi connectivity index (χ0n) is 12.2. The minimum Gasteiger partial charge on any atom is -0.393 e. The second kappa shape index (κ2) is 6.38. The monoisotopic (exact) mass is 347 g/mol. The third-order valence-electron chi connectivity index (χ3n) is 3.94. The molecule has 0 unspecified atom stereocenters. The fourth-order valence-electron chi connectivity index (χ4n) is 2.54. The summed E-state index contributed by atoms with van der Waals surface area (Å²) in [6.45, 7) is -0.157. The van der Waals surface area contributed by atoms with Gasteiger partial charge in [0.05, 0.1) is 15.9 Å². The minimum absolute atomic E-state index is 0.0190. The molecule has 8 nitrogen and oxygen atoms in total. The van der Waals surface area contributed by atoms with E-state index in [1.807, 2.05) is 0 Å². The second-order valence-corrected chi connectivity index (χ2v) is 7.28. The summed E-state index contributed by atoms with van der Waals surface area (Å²) in [4.78, 5) is 9.94. The van der Waals surface area contributed by atoms with E-state index in [0.717, 1.165) is 12.1 Å². The van der Waals surface area contributed by atoms with Crippen LogP contribution in [0.15, 0.2) is 23.1 Å². The number of anilines is 1. The number of nitrogens with one attached hydrogen (secondary N) is 1. The quantitative estimate of drug-likeness (QED) is 0.542. The molecule has 0 aromatic heterocycles. The predicted molar refractivity (Wildman–Crippen MR) is 81.3 cm³/mol. The van der Waals surface area contributed by atoms with Crippen molar-refractivity contribution in [2.24, 2.45) is 5.14 Å². The van der Waals surface area contributed by atoms with Crippen molar-refractivity contribution in [3.05, 3.63) is 28.3 Å². The average Bonchev–Trinajstić information content (AvgIpc) is 2.47. The van der Waals surface area contributed by atoms with Crippen molar-refractivity contribution in [3.8, 4) is 0 Å². The largest absolute Gasteiger partial charge is 0.393 e. The number of halogens is 1. The number of rotatable bonds is 5.